The molecule has 2 amide bonds. The summed E-state index contributed by atoms with van der Waals surface area (Å²) in [6.07, 6.45) is -0.514. The molecule has 0 heterocycles. The van der Waals surface area contributed by atoms with E-state index < -0.39 is 31.8 Å². The Morgan fingerprint density at radius 1 is 0.513 bits per heavy atom. The highest BCUT2D eigenvalue weighted by Crippen LogP contribution is 2.44. The van der Waals surface area contributed by atoms with Crippen LogP contribution >= 0.6 is 14.3 Å². The number of carbonyl (C=O) groups excluding carboxylic acids is 2. The van der Waals surface area contributed by atoms with Gasteiger partial charge in [-0.3, -0.25) is 9.59 Å². The SMILES string of the molecule is CC(C)(NC(=O)CP(=O)(c1ccccc1)c1ccccc1)NC(=O)CP(=O)(c1ccccc1)c1ccccc1. The molecule has 0 aliphatic carbocycles. The first kappa shape index (κ1) is 28.3. The van der Waals surface area contributed by atoms with E-state index in [0.29, 0.717) is 21.2 Å². The van der Waals surface area contributed by atoms with E-state index in [9.17, 15) is 18.7 Å². The van der Waals surface area contributed by atoms with E-state index >= 15 is 0 Å². The Balaban J connectivity index is 1.51. The third-order valence-electron chi connectivity index (χ3n) is 6.33. The summed E-state index contributed by atoms with van der Waals surface area (Å²) >= 11 is 0. The van der Waals surface area contributed by atoms with Crippen molar-refractivity contribution in [2.75, 3.05) is 12.3 Å². The second kappa shape index (κ2) is 12.0. The normalized spacial score (nSPS) is 11.9. The van der Waals surface area contributed by atoms with E-state index in [4.69, 9.17) is 0 Å². The van der Waals surface area contributed by atoms with Crippen LogP contribution < -0.4 is 31.9 Å². The molecule has 0 bridgehead atoms. The molecule has 0 unspecified atom stereocenters. The molecule has 0 aliphatic rings. The van der Waals surface area contributed by atoms with Gasteiger partial charge in [0.15, 0.2) is 14.3 Å². The van der Waals surface area contributed by atoms with Crippen LogP contribution in [0.4, 0.5) is 0 Å². The van der Waals surface area contributed by atoms with Gasteiger partial charge >= 0.3 is 0 Å². The molecule has 4 aromatic rings. The highest BCUT2D eigenvalue weighted by molar-refractivity contribution is 7.79. The van der Waals surface area contributed by atoms with Crippen LogP contribution in [-0.2, 0) is 18.7 Å². The fraction of sp³-hybridized carbons (Fsp3) is 0.161. The zero-order valence-electron chi connectivity index (χ0n) is 22.0. The molecule has 6 nitrogen and oxygen atoms in total. The van der Waals surface area contributed by atoms with E-state index in [-0.39, 0.29) is 12.3 Å². The fourth-order valence-electron chi connectivity index (χ4n) is 4.55. The summed E-state index contributed by atoms with van der Waals surface area (Å²) in [6, 6.07) is 35.8. The lowest BCUT2D eigenvalue weighted by atomic mass is 10.2. The fourth-order valence-corrected chi connectivity index (χ4v) is 9.46. The molecule has 0 fully saturated rings. The molecule has 8 heteroatoms. The van der Waals surface area contributed by atoms with Crippen molar-refractivity contribution < 1.29 is 18.7 Å². The van der Waals surface area contributed by atoms with Crippen LogP contribution in [0.3, 0.4) is 0 Å². The number of amides is 2. The number of hydrogen-bond acceptors (Lipinski definition) is 4. The van der Waals surface area contributed by atoms with Crippen molar-refractivity contribution >= 4 is 47.3 Å². The molecular formula is C31H32N2O4P2. The second-order valence-electron chi connectivity index (χ2n) is 9.86. The second-order valence-corrected chi connectivity index (χ2v) is 15.5. The van der Waals surface area contributed by atoms with Gasteiger partial charge in [0, 0.05) is 21.2 Å². The Morgan fingerprint density at radius 2 is 0.744 bits per heavy atom. The van der Waals surface area contributed by atoms with E-state index in [2.05, 4.69) is 10.6 Å². The molecular weight excluding hydrogens is 526 g/mol. The Labute approximate surface area is 229 Å². The average molecular weight is 559 g/mol. The lowest BCUT2D eigenvalue weighted by Crippen LogP contribution is -2.58. The lowest BCUT2D eigenvalue weighted by Gasteiger charge is -2.30. The van der Waals surface area contributed by atoms with Gasteiger partial charge in [0.25, 0.3) is 0 Å². The van der Waals surface area contributed by atoms with Gasteiger partial charge < -0.3 is 19.8 Å². The van der Waals surface area contributed by atoms with Crippen LogP contribution in [-0.4, -0.2) is 29.8 Å². The van der Waals surface area contributed by atoms with Crippen molar-refractivity contribution in [1.29, 1.82) is 0 Å². The topological polar surface area (TPSA) is 92.3 Å². The third-order valence-corrected chi connectivity index (χ3v) is 12.3. The standard InChI is InChI=1S/C31H32N2O4P2/c1-31(2,32-29(34)23-38(36,25-15-7-3-8-16-25)26-17-9-4-10-18-26)33-30(35)24-39(37,27-19-11-5-12-20-27)28-21-13-6-14-22-28/h3-22H,23-24H2,1-2H3,(H,32,34)(H,33,35). The van der Waals surface area contributed by atoms with E-state index in [1.165, 1.54) is 0 Å². The number of hydrogen-bond donors (Lipinski definition) is 2. The predicted octanol–water partition coefficient (Wildman–Crippen LogP) is 3.98. The summed E-state index contributed by atoms with van der Waals surface area (Å²) in [4.78, 5) is 26.5. The van der Waals surface area contributed by atoms with E-state index in [1.54, 1.807) is 111 Å². The maximum Gasteiger partial charge on any atom is 0.229 e. The molecule has 4 aromatic carbocycles. The van der Waals surface area contributed by atoms with E-state index in [0.717, 1.165) is 0 Å². The molecule has 0 aromatic heterocycles. The monoisotopic (exact) mass is 558 g/mol. The molecule has 0 radical (unpaired) electrons. The van der Waals surface area contributed by atoms with Crippen molar-refractivity contribution in [3.05, 3.63) is 121 Å². The van der Waals surface area contributed by atoms with Gasteiger partial charge in [0.1, 0.15) is 5.66 Å². The maximum absolute atomic E-state index is 14.3. The first-order valence-corrected chi connectivity index (χ1v) is 16.4. The predicted molar refractivity (Wildman–Crippen MR) is 160 cm³/mol. The summed E-state index contributed by atoms with van der Waals surface area (Å²) in [5.41, 5.74) is -1.18. The first-order valence-electron chi connectivity index (χ1n) is 12.7. The summed E-state index contributed by atoms with van der Waals surface area (Å²) in [7, 11) is -6.57. The Morgan fingerprint density at radius 3 is 0.974 bits per heavy atom. The van der Waals surface area contributed by atoms with Crippen LogP contribution in [0.1, 0.15) is 13.8 Å². The largest absolute Gasteiger partial charge is 0.334 e. The number of rotatable bonds is 10. The zero-order chi connectivity index (χ0) is 27.9. The highest BCUT2D eigenvalue weighted by atomic mass is 31.2. The van der Waals surface area contributed by atoms with Crippen LogP contribution in [0.5, 0.6) is 0 Å². The highest BCUT2D eigenvalue weighted by Gasteiger charge is 2.35. The first-order chi connectivity index (χ1) is 18.6. The summed E-state index contributed by atoms with van der Waals surface area (Å²) < 4.78 is 28.5. The lowest BCUT2D eigenvalue weighted by molar-refractivity contribution is -0.123. The van der Waals surface area contributed by atoms with Crippen LogP contribution in [0.15, 0.2) is 121 Å². The van der Waals surface area contributed by atoms with Crippen molar-refractivity contribution in [1.82, 2.24) is 10.6 Å². The zero-order valence-corrected chi connectivity index (χ0v) is 23.8. The van der Waals surface area contributed by atoms with Gasteiger partial charge in [0.2, 0.25) is 11.8 Å². The summed E-state index contributed by atoms with van der Waals surface area (Å²) in [5, 5.41) is 7.96. The number of benzene rings is 4. The Bertz CT molecular complexity index is 1310. The summed E-state index contributed by atoms with van der Waals surface area (Å²) in [6.45, 7) is 3.30. The van der Waals surface area contributed by atoms with E-state index in [1.807, 2.05) is 24.3 Å². The Hall–Kier alpha value is -3.72. The quantitative estimate of drug-likeness (QED) is 0.228. The smallest absolute Gasteiger partial charge is 0.229 e. The minimum Gasteiger partial charge on any atom is -0.334 e. The van der Waals surface area contributed by atoms with Crippen LogP contribution in [0.2, 0.25) is 0 Å². The third kappa shape index (κ3) is 6.84. The van der Waals surface area contributed by atoms with Gasteiger partial charge in [-0.05, 0) is 13.8 Å². The molecule has 39 heavy (non-hydrogen) atoms. The van der Waals surface area contributed by atoms with Crippen molar-refractivity contribution in [2.45, 2.75) is 19.5 Å². The van der Waals surface area contributed by atoms with Gasteiger partial charge in [-0.2, -0.15) is 0 Å². The van der Waals surface area contributed by atoms with Gasteiger partial charge in [-0.15, -0.1) is 0 Å². The average Bonchev–Trinajstić information content (AvgIpc) is 2.94. The van der Waals surface area contributed by atoms with Crippen molar-refractivity contribution in [2.24, 2.45) is 0 Å². The van der Waals surface area contributed by atoms with Gasteiger partial charge in [-0.1, -0.05) is 121 Å². The van der Waals surface area contributed by atoms with Crippen molar-refractivity contribution in [3.8, 4) is 0 Å². The molecule has 0 saturated carbocycles. The minimum atomic E-state index is -3.28. The van der Waals surface area contributed by atoms with Gasteiger partial charge in [-0.25, -0.2) is 0 Å². The van der Waals surface area contributed by atoms with Crippen LogP contribution in [0, 0.1) is 0 Å². The molecule has 200 valence electrons. The maximum atomic E-state index is 14.3. The minimum absolute atomic E-state index is 0.257. The molecule has 0 saturated heterocycles. The molecule has 0 aliphatic heterocycles. The molecule has 2 N–H and O–H groups in total. The molecule has 0 atom stereocenters. The number of carbonyl (C=O) groups is 2. The molecule has 4 rings (SSSR count). The Kier molecular flexibility index (Phi) is 8.70. The molecule has 0 spiro atoms. The van der Waals surface area contributed by atoms with Crippen LogP contribution in [0.25, 0.3) is 0 Å². The van der Waals surface area contributed by atoms with Crippen molar-refractivity contribution in [3.63, 3.8) is 0 Å². The van der Waals surface area contributed by atoms with Gasteiger partial charge in [0.05, 0.1) is 12.3 Å². The summed E-state index contributed by atoms with van der Waals surface area (Å²) in [5.74, 6) is -0.934. The number of nitrogens with one attached hydrogen (secondary N) is 2.